The lowest BCUT2D eigenvalue weighted by Crippen LogP contribution is -2.46. The Morgan fingerprint density at radius 1 is 1.00 bits per heavy atom. The van der Waals surface area contributed by atoms with Gasteiger partial charge in [0.2, 0.25) is 0 Å². The van der Waals surface area contributed by atoms with Crippen molar-refractivity contribution in [3.8, 4) is 11.3 Å². The lowest BCUT2D eigenvalue weighted by molar-refractivity contribution is -0.111. The van der Waals surface area contributed by atoms with Crippen molar-refractivity contribution in [2.75, 3.05) is 13.6 Å². The van der Waals surface area contributed by atoms with Crippen LogP contribution in [0.1, 0.15) is 45.1 Å². The molecular weight excluding hydrogens is 452 g/mol. The number of rotatable bonds is 7. The van der Waals surface area contributed by atoms with Gasteiger partial charge in [0.05, 0.1) is 6.04 Å². The molecule has 3 rings (SSSR count). The van der Waals surface area contributed by atoms with Gasteiger partial charge in [-0.05, 0) is 63.2 Å². The van der Waals surface area contributed by atoms with Crippen molar-refractivity contribution in [2.24, 2.45) is 5.92 Å². The van der Waals surface area contributed by atoms with Gasteiger partial charge in [-0.3, -0.25) is 4.79 Å². The van der Waals surface area contributed by atoms with Gasteiger partial charge >= 0.3 is 0 Å². The van der Waals surface area contributed by atoms with Gasteiger partial charge in [0.1, 0.15) is 17.9 Å². The molecule has 35 heavy (non-hydrogen) atoms. The SMILES string of the molecule is CC(C)C.CNC(C)CN(C(=O)c1cc(-c2ccc(F)cc2)on1)C(C)C=O.Fc1ccccc1. The number of hydrogen-bond acceptors (Lipinski definition) is 5. The second-order valence-corrected chi connectivity index (χ2v) is 8.63. The van der Waals surface area contributed by atoms with E-state index in [-0.39, 0.29) is 23.4 Å². The molecular formula is C27H35F2N3O3. The van der Waals surface area contributed by atoms with Crippen LogP contribution in [0.2, 0.25) is 0 Å². The fraction of sp³-hybridized carbons (Fsp3) is 0.370. The lowest BCUT2D eigenvalue weighted by Gasteiger charge is -2.27. The van der Waals surface area contributed by atoms with Gasteiger partial charge < -0.3 is 19.5 Å². The van der Waals surface area contributed by atoms with Crippen LogP contribution in [0.3, 0.4) is 0 Å². The summed E-state index contributed by atoms with van der Waals surface area (Å²) in [6, 6.07) is 14.5. The van der Waals surface area contributed by atoms with E-state index in [9.17, 15) is 18.4 Å². The molecule has 190 valence electrons. The van der Waals surface area contributed by atoms with Crippen molar-refractivity contribution in [3.63, 3.8) is 0 Å². The van der Waals surface area contributed by atoms with Gasteiger partial charge in [-0.25, -0.2) is 8.78 Å². The van der Waals surface area contributed by atoms with E-state index in [0.29, 0.717) is 24.2 Å². The number of nitrogens with one attached hydrogen (secondary N) is 1. The van der Waals surface area contributed by atoms with Crippen LogP contribution in [-0.2, 0) is 4.79 Å². The van der Waals surface area contributed by atoms with Crippen LogP contribution in [0.15, 0.2) is 65.2 Å². The molecule has 0 saturated carbocycles. The molecule has 0 spiro atoms. The number of amides is 1. The number of aromatic nitrogens is 1. The van der Waals surface area contributed by atoms with Crippen LogP contribution >= 0.6 is 0 Å². The van der Waals surface area contributed by atoms with Crippen molar-refractivity contribution >= 4 is 12.2 Å². The third-order valence-corrected chi connectivity index (χ3v) is 4.50. The second kappa shape index (κ2) is 15.5. The lowest BCUT2D eigenvalue weighted by atomic mass is 10.1. The summed E-state index contributed by atoms with van der Waals surface area (Å²) in [6.07, 6.45) is 0.710. The average molecular weight is 488 g/mol. The van der Waals surface area contributed by atoms with Gasteiger partial charge in [0.15, 0.2) is 11.5 Å². The second-order valence-electron chi connectivity index (χ2n) is 8.63. The number of carbonyl (C=O) groups excluding carboxylic acids is 2. The summed E-state index contributed by atoms with van der Waals surface area (Å²) in [7, 11) is 1.78. The number of hydrogen-bond donors (Lipinski definition) is 1. The highest BCUT2D eigenvalue weighted by Crippen LogP contribution is 2.21. The van der Waals surface area contributed by atoms with Crippen LogP contribution < -0.4 is 5.32 Å². The summed E-state index contributed by atoms with van der Waals surface area (Å²) in [6.45, 7) is 10.4. The predicted molar refractivity (Wildman–Crippen MR) is 134 cm³/mol. The first-order chi connectivity index (χ1) is 16.6. The molecule has 0 aliphatic heterocycles. The van der Waals surface area contributed by atoms with E-state index in [1.165, 1.54) is 35.2 Å². The molecule has 2 atom stereocenters. The van der Waals surface area contributed by atoms with Gasteiger partial charge in [-0.15, -0.1) is 0 Å². The van der Waals surface area contributed by atoms with Gasteiger partial charge in [-0.2, -0.15) is 0 Å². The van der Waals surface area contributed by atoms with Crippen LogP contribution in [0, 0.1) is 17.6 Å². The van der Waals surface area contributed by atoms with E-state index in [4.69, 9.17) is 4.52 Å². The number of nitrogens with zero attached hydrogens (tertiary/aromatic N) is 2. The van der Waals surface area contributed by atoms with E-state index >= 15 is 0 Å². The average Bonchev–Trinajstić information content (AvgIpc) is 3.33. The zero-order chi connectivity index (χ0) is 26.4. The standard InChI is InChI=1S/C17H20FN3O3.C6H5F.C4H10/c1-11(19-3)9-21(12(2)10-22)17(23)15-8-16(24-20-15)13-4-6-14(18)7-5-13;7-6-4-2-1-3-5-6;1-4(2)3/h4-8,10-12,19H,9H2,1-3H3;1-5H;4H,1-3H3. The van der Waals surface area contributed by atoms with E-state index in [1.54, 1.807) is 44.3 Å². The maximum Gasteiger partial charge on any atom is 0.276 e. The number of likely N-dealkylation sites (N-methyl/N-ethyl adjacent to an activating group) is 1. The van der Waals surface area contributed by atoms with Crippen molar-refractivity contribution in [3.05, 3.63) is 78.0 Å². The Bertz CT molecular complexity index is 1010. The maximum atomic E-state index is 13.0. The Labute approximate surface area is 206 Å². The molecule has 2 unspecified atom stereocenters. The largest absolute Gasteiger partial charge is 0.355 e. The summed E-state index contributed by atoms with van der Waals surface area (Å²) in [5, 5.41) is 6.82. The highest BCUT2D eigenvalue weighted by atomic mass is 19.1. The molecule has 1 amide bonds. The minimum atomic E-state index is -0.584. The Balaban J connectivity index is 0.000000458. The van der Waals surface area contributed by atoms with E-state index < -0.39 is 11.9 Å². The smallest absolute Gasteiger partial charge is 0.276 e. The molecule has 8 heteroatoms. The summed E-state index contributed by atoms with van der Waals surface area (Å²) >= 11 is 0. The van der Waals surface area contributed by atoms with Crippen molar-refractivity contribution < 1.29 is 22.9 Å². The summed E-state index contributed by atoms with van der Waals surface area (Å²) in [4.78, 5) is 25.2. The number of benzene rings is 2. The monoisotopic (exact) mass is 487 g/mol. The minimum absolute atomic E-state index is 0.0137. The first kappa shape index (κ1) is 29.6. The topological polar surface area (TPSA) is 75.4 Å². The molecule has 0 aliphatic carbocycles. The number of halogens is 2. The summed E-state index contributed by atoms with van der Waals surface area (Å²) in [5.41, 5.74) is 0.716. The zero-order valence-corrected chi connectivity index (χ0v) is 21.2. The molecule has 1 heterocycles. The first-order valence-corrected chi connectivity index (χ1v) is 11.5. The van der Waals surface area contributed by atoms with Crippen LogP contribution in [0.5, 0.6) is 0 Å². The zero-order valence-electron chi connectivity index (χ0n) is 21.2. The van der Waals surface area contributed by atoms with Crippen LogP contribution in [-0.4, -0.2) is 47.9 Å². The fourth-order valence-electron chi connectivity index (χ4n) is 2.58. The number of carbonyl (C=O) groups is 2. The normalized spacial score (nSPS) is 11.9. The highest BCUT2D eigenvalue weighted by molar-refractivity contribution is 5.94. The molecule has 1 N–H and O–H groups in total. The molecule has 3 aromatic rings. The Morgan fingerprint density at radius 2 is 1.54 bits per heavy atom. The van der Waals surface area contributed by atoms with E-state index in [1.807, 2.05) is 6.92 Å². The van der Waals surface area contributed by atoms with Gasteiger partial charge in [0.25, 0.3) is 5.91 Å². The van der Waals surface area contributed by atoms with Crippen molar-refractivity contribution in [1.29, 1.82) is 0 Å². The molecule has 1 aromatic heterocycles. The maximum absolute atomic E-state index is 13.0. The number of aldehydes is 1. The van der Waals surface area contributed by atoms with E-state index in [0.717, 1.165) is 5.92 Å². The third kappa shape index (κ3) is 11.1. The van der Waals surface area contributed by atoms with Crippen molar-refractivity contribution in [2.45, 2.75) is 46.7 Å². The molecule has 0 aliphatic rings. The van der Waals surface area contributed by atoms with Gasteiger partial charge in [0, 0.05) is 24.2 Å². The van der Waals surface area contributed by atoms with Crippen molar-refractivity contribution in [1.82, 2.24) is 15.4 Å². The molecule has 0 bridgehead atoms. The highest BCUT2D eigenvalue weighted by Gasteiger charge is 2.25. The third-order valence-electron chi connectivity index (χ3n) is 4.50. The Hall–Kier alpha value is -3.39. The predicted octanol–water partition coefficient (Wildman–Crippen LogP) is 5.61. The van der Waals surface area contributed by atoms with Crippen LogP contribution in [0.25, 0.3) is 11.3 Å². The molecule has 0 radical (unpaired) electrons. The first-order valence-electron chi connectivity index (χ1n) is 11.5. The Morgan fingerprint density at radius 3 is 2.00 bits per heavy atom. The summed E-state index contributed by atoms with van der Waals surface area (Å²) < 4.78 is 30.1. The summed E-state index contributed by atoms with van der Waals surface area (Å²) in [5.74, 6) is 0.261. The van der Waals surface area contributed by atoms with E-state index in [2.05, 4.69) is 31.2 Å². The molecule has 0 saturated heterocycles. The Kier molecular flexibility index (Phi) is 13.1. The molecule has 2 aromatic carbocycles. The molecule has 6 nitrogen and oxygen atoms in total. The quantitative estimate of drug-likeness (QED) is 0.439. The molecule has 0 fully saturated rings. The fourth-order valence-corrected chi connectivity index (χ4v) is 2.58. The minimum Gasteiger partial charge on any atom is -0.355 e. The van der Waals surface area contributed by atoms with Gasteiger partial charge in [-0.1, -0.05) is 44.1 Å². The van der Waals surface area contributed by atoms with Crippen LogP contribution in [0.4, 0.5) is 8.78 Å².